The molecule has 0 atom stereocenters. The molecule has 0 saturated carbocycles. The third-order valence-electron chi connectivity index (χ3n) is 3.79. The molecule has 0 radical (unpaired) electrons. The van der Waals surface area contributed by atoms with Crippen LogP contribution in [0.3, 0.4) is 0 Å². The lowest BCUT2D eigenvalue weighted by Crippen LogP contribution is -2.23. The number of rotatable bonds is 6. The number of nitrogen functional groups attached to an aromatic ring is 1. The second-order valence-electron chi connectivity index (χ2n) is 5.80. The van der Waals surface area contributed by atoms with Crippen LogP contribution in [0.5, 0.6) is 0 Å². The zero-order valence-corrected chi connectivity index (χ0v) is 15.7. The number of nitrogens with one attached hydrogen (secondary N) is 1. The molecule has 1 heterocycles. The topological polar surface area (TPSA) is 124 Å². The summed E-state index contributed by atoms with van der Waals surface area (Å²) in [5.41, 5.74) is 6.25. The minimum atomic E-state index is -0.887. The molecule has 8 nitrogen and oxygen atoms in total. The first-order chi connectivity index (χ1) is 14.0. The average Bonchev–Trinajstić information content (AvgIpc) is 2.73. The lowest BCUT2D eigenvalue weighted by Gasteiger charge is -2.11. The molecule has 0 aliphatic heterocycles. The van der Waals surface area contributed by atoms with Gasteiger partial charge in [-0.05, 0) is 18.2 Å². The second kappa shape index (κ2) is 8.94. The number of hydrogen-bond acceptors (Lipinski definition) is 7. The molecule has 1 aromatic heterocycles. The molecule has 3 rings (SSSR count). The van der Waals surface area contributed by atoms with Gasteiger partial charge in [0.25, 0.3) is 5.91 Å². The van der Waals surface area contributed by atoms with Gasteiger partial charge in [-0.2, -0.15) is 0 Å². The van der Waals surface area contributed by atoms with Crippen molar-refractivity contribution in [2.45, 2.75) is 0 Å². The Morgan fingerprint density at radius 3 is 2.48 bits per heavy atom. The normalized spacial score (nSPS) is 10.2. The van der Waals surface area contributed by atoms with Crippen molar-refractivity contribution in [3.63, 3.8) is 0 Å². The maximum absolute atomic E-state index is 12.8. The first-order valence-corrected chi connectivity index (χ1v) is 8.76. The van der Waals surface area contributed by atoms with Gasteiger partial charge < -0.3 is 15.8 Å². The van der Waals surface area contributed by atoms with Crippen LogP contribution in [-0.2, 0) is 9.53 Å². The highest BCUT2D eigenvalue weighted by Gasteiger charge is 2.18. The summed E-state index contributed by atoms with van der Waals surface area (Å²) in [6, 6.07) is 13.0. The number of carbonyl (C=O) groups excluding carboxylic acids is 3. The molecule has 9 heteroatoms. The first kappa shape index (κ1) is 20.0. The lowest BCUT2D eigenvalue weighted by molar-refractivity contribution is -0.119. The lowest BCUT2D eigenvalue weighted by atomic mass is 10.0. The van der Waals surface area contributed by atoms with Crippen LogP contribution in [-0.4, -0.2) is 34.2 Å². The van der Waals surface area contributed by atoms with Crippen molar-refractivity contribution in [1.82, 2.24) is 9.97 Å². The summed E-state index contributed by atoms with van der Waals surface area (Å²) >= 11 is 6.01. The van der Waals surface area contributed by atoms with Crippen molar-refractivity contribution in [2.24, 2.45) is 0 Å². The molecule has 2 aromatic carbocycles. The second-order valence-corrected chi connectivity index (χ2v) is 6.24. The van der Waals surface area contributed by atoms with Gasteiger partial charge >= 0.3 is 5.97 Å². The van der Waals surface area contributed by atoms with Crippen molar-refractivity contribution in [3.05, 3.63) is 82.8 Å². The number of amides is 1. The summed E-state index contributed by atoms with van der Waals surface area (Å²) in [4.78, 5) is 44.5. The molecule has 0 aliphatic carbocycles. The minimum Gasteiger partial charge on any atom is -0.451 e. The van der Waals surface area contributed by atoms with Gasteiger partial charge in [-0.1, -0.05) is 41.9 Å². The van der Waals surface area contributed by atoms with E-state index in [2.05, 4.69) is 15.3 Å². The van der Waals surface area contributed by atoms with Crippen LogP contribution in [0.4, 0.5) is 11.5 Å². The Kier molecular flexibility index (Phi) is 6.16. The van der Waals surface area contributed by atoms with Gasteiger partial charge in [-0.3, -0.25) is 9.59 Å². The van der Waals surface area contributed by atoms with E-state index in [0.29, 0.717) is 10.6 Å². The van der Waals surface area contributed by atoms with Crippen molar-refractivity contribution < 1.29 is 19.1 Å². The predicted octanol–water partition coefficient (Wildman–Crippen LogP) is 2.74. The summed E-state index contributed by atoms with van der Waals surface area (Å²) in [5.74, 6) is -1.95. The Labute approximate surface area is 170 Å². The molecule has 29 heavy (non-hydrogen) atoms. The van der Waals surface area contributed by atoms with Crippen LogP contribution >= 0.6 is 11.6 Å². The fourth-order valence-electron chi connectivity index (χ4n) is 2.45. The molecule has 3 aromatic rings. The number of aromatic nitrogens is 2. The van der Waals surface area contributed by atoms with Crippen LogP contribution in [0.25, 0.3) is 0 Å². The molecule has 146 valence electrons. The van der Waals surface area contributed by atoms with Gasteiger partial charge in [0.2, 0.25) is 0 Å². The number of halogens is 1. The van der Waals surface area contributed by atoms with E-state index in [1.54, 1.807) is 30.3 Å². The Hall–Kier alpha value is -3.78. The molecule has 0 bridgehead atoms. The van der Waals surface area contributed by atoms with Crippen molar-refractivity contribution in [1.29, 1.82) is 0 Å². The van der Waals surface area contributed by atoms with Gasteiger partial charge in [0.1, 0.15) is 0 Å². The molecule has 0 unspecified atom stereocenters. The molecular weight excluding hydrogens is 396 g/mol. The van der Waals surface area contributed by atoms with Crippen molar-refractivity contribution in [2.75, 3.05) is 17.7 Å². The van der Waals surface area contributed by atoms with E-state index in [4.69, 9.17) is 22.1 Å². The summed E-state index contributed by atoms with van der Waals surface area (Å²) < 4.78 is 4.91. The van der Waals surface area contributed by atoms with Gasteiger partial charge in [0.15, 0.2) is 23.9 Å². The van der Waals surface area contributed by atoms with E-state index in [-0.39, 0.29) is 28.5 Å². The van der Waals surface area contributed by atoms with Gasteiger partial charge in [-0.25, -0.2) is 14.8 Å². The SMILES string of the molecule is Nc1nccnc1C(=O)OCC(=O)Nc1ccc(Cl)cc1C(=O)c1ccccc1. The number of esters is 1. The maximum Gasteiger partial charge on any atom is 0.361 e. The van der Waals surface area contributed by atoms with E-state index < -0.39 is 18.5 Å². The van der Waals surface area contributed by atoms with Gasteiger partial charge in [-0.15, -0.1) is 0 Å². The van der Waals surface area contributed by atoms with E-state index in [1.807, 2.05) is 0 Å². The minimum absolute atomic E-state index is 0.105. The predicted molar refractivity (Wildman–Crippen MR) is 107 cm³/mol. The highest BCUT2D eigenvalue weighted by atomic mass is 35.5. The third-order valence-corrected chi connectivity index (χ3v) is 4.03. The maximum atomic E-state index is 12.8. The number of nitrogens with zero attached hydrogens (tertiary/aromatic N) is 2. The van der Waals surface area contributed by atoms with Gasteiger partial charge in [0, 0.05) is 28.5 Å². The van der Waals surface area contributed by atoms with Crippen LogP contribution in [0.1, 0.15) is 26.4 Å². The molecule has 0 fully saturated rings. The van der Waals surface area contributed by atoms with Crippen molar-refractivity contribution >= 4 is 40.8 Å². The zero-order valence-electron chi connectivity index (χ0n) is 15.0. The molecule has 1 amide bonds. The van der Waals surface area contributed by atoms with Crippen LogP contribution in [0.15, 0.2) is 60.9 Å². The number of ketones is 1. The highest BCUT2D eigenvalue weighted by molar-refractivity contribution is 6.31. The van der Waals surface area contributed by atoms with E-state index in [1.165, 1.54) is 30.6 Å². The molecule has 0 spiro atoms. The van der Waals surface area contributed by atoms with Crippen LogP contribution in [0, 0.1) is 0 Å². The van der Waals surface area contributed by atoms with E-state index >= 15 is 0 Å². The Bertz CT molecular complexity index is 1070. The number of carbonyl (C=O) groups is 3. The Morgan fingerprint density at radius 1 is 1.03 bits per heavy atom. The summed E-state index contributed by atoms with van der Waals surface area (Å²) in [6.07, 6.45) is 2.60. The number of hydrogen-bond donors (Lipinski definition) is 2. The van der Waals surface area contributed by atoms with E-state index in [9.17, 15) is 14.4 Å². The zero-order chi connectivity index (χ0) is 20.8. The van der Waals surface area contributed by atoms with Gasteiger partial charge in [0.05, 0.1) is 5.69 Å². The summed E-state index contributed by atoms with van der Waals surface area (Å²) in [7, 11) is 0. The first-order valence-electron chi connectivity index (χ1n) is 8.38. The Balaban J connectivity index is 1.71. The van der Waals surface area contributed by atoms with Crippen LogP contribution < -0.4 is 11.1 Å². The number of anilines is 2. The summed E-state index contributed by atoms with van der Waals surface area (Å²) in [6.45, 7) is -0.601. The molecular formula is C20H15ClN4O4. The van der Waals surface area contributed by atoms with Crippen LogP contribution in [0.2, 0.25) is 5.02 Å². The third kappa shape index (κ3) is 4.94. The molecule has 3 N–H and O–H groups in total. The molecule has 0 aliphatic rings. The smallest absolute Gasteiger partial charge is 0.361 e. The quantitative estimate of drug-likeness (QED) is 0.472. The average molecular weight is 411 g/mol. The fourth-order valence-corrected chi connectivity index (χ4v) is 2.62. The van der Waals surface area contributed by atoms with Crippen molar-refractivity contribution in [3.8, 4) is 0 Å². The number of benzene rings is 2. The number of nitrogens with two attached hydrogens (primary N) is 1. The van der Waals surface area contributed by atoms with E-state index in [0.717, 1.165) is 0 Å². The Morgan fingerprint density at radius 2 is 1.76 bits per heavy atom. The number of ether oxygens (including phenoxy) is 1. The highest BCUT2D eigenvalue weighted by Crippen LogP contribution is 2.23. The summed E-state index contributed by atoms with van der Waals surface area (Å²) in [5, 5.41) is 2.89. The largest absolute Gasteiger partial charge is 0.451 e. The molecule has 0 saturated heterocycles. The fraction of sp³-hybridized carbons (Fsp3) is 0.0500. The monoisotopic (exact) mass is 410 g/mol. The standard InChI is InChI=1S/C20H15ClN4O4/c21-13-6-7-15(14(10-13)18(27)12-4-2-1-3-5-12)25-16(26)11-29-20(28)17-19(22)24-9-8-23-17/h1-10H,11H2,(H2,22,24)(H,25,26).